The first kappa shape index (κ1) is 16.7. The molecule has 0 radical (unpaired) electrons. The summed E-state index contributed by atoms with van der Waals surface area (Å²) in [5.74, 6) is -0.0459. The number of hydrogen-bond acceptors (Lipinski definition) is 6. The van der Waals surface area contributed by atoms with E-state index in [2.05, 4.69) is 25.4 Å². The van der Waals surface area contributed by atoms with Gasteiger partial charge in [-0.25, -0.2) is 18.7 Å². The minimum Gasteiger partial charge on any atom is -0.354 e. The van der Waals surface area contributed by atoms with Crippen molar-refractivity contribution in [3.8, 4) is 11.5 Å². The standard InChI is InChI=1S/C20H15F2N5O/c1-10-2-5-15-17(25-14-7-12(21)6-13(22)8-14)16(9-23-19(15)24-10)20-26-18(27-28-20)11-3-4-11/h2,5-9,11H,3-4H2,1H3,(H,23,24,25). The summed E-state index contributed by atoms with van der Waals surface area (Å²) in [5.41, 5.74) is 2.67. The lowest BCUT2D eigenvalue weighted by atomic mass is 10.1. The summed E-state index contributed by atoms with van der Waals surface area (Å²) in [6, 6.07) is 6.94. The van der Waals surface area contributed by atoms with Gasteiger partial charge in [0.2, 0.25) is 0 Å². The minimum atomic E-state index is -0.676. The molecule has 5 rings (SSSR count). The van der Waals surface area contributed by atoms with Gasteiger partial charge in [-0.15, -0.1) is 0 Å². The van der Waals surface area contributed by atoms with Crippen LogP contribution in [0.5, 0.6) is 0 Å². The number of anilines is 2. The van der Waals surface area contributed by atoms with Crippen molar-refractivity contribution in [3.63, 3.8) is 0 Å². The molecule has 3 aromatic heterocycles. The monoisotopic (exact) mass is 379 g/mol. The third-order valence-electron chi connectivity index (χ3n) is 4.62. The number of halogens is 2. The lowest BCUT2D eigenvalue weighted by molar-refractivity contribution is 0.423. The third-order valence-corrected chi connectivity index (χ3v) is 4.62. The highest BCUT2D eigenvalue weighted by molar-refractivity contribution is 5.98. The van der Waals surface area contributed by atoms with Gasteiger partial charge in [-0.3, -0.25) is 0 Å². The highest BCUT2D eigenvalue weighted by Gasteiger charge is 2.29. The molecule has 3 heterocycles. The van der Waals surface area contributed by atoms with Gasteiger partial charge in [-0.2, -0.15) is 4.98 Å². The van der Waals surface area contributed by atoms with Crippen molar-refractivity contribution in [2.75, 3.05) is 5.32 Å². The molecule has 1 aromatic carbocycles. The Balaban J connectivity index is 1.68. The second-order valence-electron chi connectivity index (χ2n) is 6.89. The maximum absolute atomic E-state index is 13.7. The van der Waals surface area contributed by atoms with Gasteiger partial charge in [0.05, 0.1) is 11.3 Å². The molecule has 1 fully saturated rings. The highest BCUT2D eigenvalue weighted by atomic mass is 19.1. The van der Waals surface area contributed by atoms with Crippen molar-refractivity contribution in [1.29, 1.82) is 0 Å². The van der Waals surface area contributed by atoms with E-state index in [9.17, 15) is 8.78 Å². The molecule has 4 aromatic rings. The number of rotatable bonds is 4. The number of nitrogens with zero attached hydrogens (tertiary/aromatic N) is 4. The first-order valence-electron chi connectivity index (χ1n) is 8.90. The van der Waals surface area contributed by atoms with E-state index in [1.807, 2.05) is 19.1 Å². The van der Waals surface area contributed by atoms with Crippen molar-refractivity contribution in [2.45, 2.75) is 25.7 Å². The number of aromatic nitrogens is 4. The fourth-order valence-corrected chi connectivity index (χ4v) is 3.09. The van der Waals surface area contributed by atoms with E-state index in [1.165, 1.54) is 12.1 Å². The van der Waals surface area contributed by atoms with E-state index in [0.29, 0.717) is 39.9 Å². The van der Waals surface area contributed by atoms with E-state index >= 15 is 0 Å². The Bertz CT molecular complexity index is 1180. The van der Waals surface area contributed by atoms with Crippen molar-refractivity contribution < 1.29 is 13.3 Å². The molecular weight excluding hydrogens is 364 g/mol. The van der Waals surface area contributed by atoms with Gasteiger partial charge in [-0.1, -0.05) is 5.16 Å². The molecule has 0 aliphatic heterocycles. The van der Waals surface area contributed by atoms with Gasteiger partial charge in [0, 0.05) is 34.9 Å². The lowest BCUT2D eigenvalue weighted by Crippen LogP contribution is -1.99. The molecule has 1 aliphatic rings. The molecule has 0 unspecified atom stereocenters. The summed E-state index contributed by atoms with van der Waals surface area (Å²) in [7, 11) is 0. The van der Waals surface area contributed by atoms with Crippen LogP contribution >= 0.6 is 0 Å². The molecule has 8 heteroatoms. The second-order valence-corrected chi connectivity index (χ2v) is 6.89. The van der Waals surface area contributed by atoms with E-state index in [0.717, 1.165) is 24.6 Å². The summed E-state index contributed by atoms with van der Waals surface area (Å²) in [4.78, 5) is 13.3. The van der Waals surface area contributed by atoms with Gasteiger partial charge >= 0.3 is 0 Å². The maximum Gasteiger partial charge on any atom is 0.261 e. The molecule has 0 spiro atoms. The smallest absolute Gasteiger partial charge is 0.261 e. The maximum atomic E-state index is 13.7. The van der Waals surface area contributed by atoms with Gasteiger partial charge in [0.15, 0.2) is 11.5 Å². The molecule has 28 heavy (non-hydrogen) atoms. The predicted molar refractivity (Wildman–Crippen MR) is 99.2 cm³/mol. The first-order chi connectivity index (χ1) is 13.6. The Morgan fingerprint density at radius 3 is 2.61 bits per heavy atom. The van der Waals surface area contributed by atoms with Crippen LogP contribution in [0, 0.1) is 18.6 Å². The summed E-state index contributed by atoms with van der Waals surface area (Å²) in [6.07, 6.45) is 3.68. The quantitative estimate of drug-likeness (QED) is 0.544. The number of benzene rings is 1. The molecule has 0 bridgehead atoms. The summed E-state index contributed by atoms with van der Waals surface area (Å²) >= 11 is 0. The van der Waals surface area contributed by atoms with E-state index < -0.39 is 11.6 Å². The molecule has 1 N–H and O–H groups in total. The van der Waals surface area contributed by atoms with Crippen LogP contribution in [0.25, 0.3) is 22.5 Å². The average Bonchev–Trinajstić information content (AvgIpc) is 3.38. The zero-order valence-corrected chi connectivity index (χ0v) is 14.9. The molecule has 1 saturated carbocycles. The Hall–Kier alpha value is -3.42. The highest BCUT2D eigenvalue weighted by Crippen LogP contribution is 2.40. The summed E-state index contributed by atoms with van der Waals surface area (Å²) in [6.45, 7) is 1.87. The van der Waals surface area contributed by atoms with Gasteiger partial charge < -0.3 is 9.84 Å². The fourth-order valence-electron chi connectivity index (χ4n) is 3.09. The number of hydrogen-bond donors (Lipinski definition) is 1. The van der Waals surface area contributed by atoms with Gasteiger partial charge in [-0.05, 0) is 44.0 Å². The summed E-state index contributed by atoms with van der Waals surface area (Å²) in [5, 5.41) is 7.81. The molecule has 140 valence electrons. The Morgan fingerprint density at radius 1 is 1.07 bits per heavy atom. The van der Waals surface area contributed by atoms with Crippen LogP contribution in [0.2, 0.25) is 0 Å². The van der Waals surface area contributed by atoms with Crippen LogP contribution in [0.15, 0.2) is 41.1 Å². The normalized spacial score (nSPS) is 13.8. The molecule has 0 saturated heterocycles. The second kappa shape index (κ2) is 6.33. The number of fused-ring (bicyclic) bond motifs is 1. The Kier molecular flexibility index (Phi) is 3.78. The van der Waals surface area contributed by atoms with E-state index in [-0.39, 0.29) is 5.69 Å². The van der Waals surface area contributed by atoms with Crippen LogP contribution in [0.1, 0.15) is 30.3 Å². The third kappa shape index (κ3) is 3.06. The zero-order valence-electron chi connectivity index (χ0n) is 14.9. The van der Waals surface area contributed by atoms with Crippen LogP contribution in [-0.2, 0) is 0 Å². The molecule has 0 atom stereocenters. The van der Waals surface area contributed by atoms with Crippen molar-refractivity contribution in [1.82, 2.24) is 20.1 Å². The van der Waals surface area contributed by atoms with Crippen molar-refractivity contribution in [3.05, 3.63) is 59.7 Å². The Labute approximate surface area is 158 Å². The predicted octanol–water partition coefficient (Wildman–Crippen LogP) is 4.89. The lowest BCUT2D eigenvalue weighted by Gasteiger charge is -2.13. The summed E-state index contributed by atoms with van der Waals surface area (Å²) < 4.78 is 32.8. The van der Waals surface area contributed by atoms with Crippen LogP contribution in [0.4, 0.5) is 20.2 Å². The van der Waals surface area contributed by atoms with E-state index in [4.69, 9.17) is 4.52 Å². The zero-order chi connectivity index (χ0) is 19.3. The molecule has 1 aliphatic carbocycles. The van der Waals surface area contributed by atoms with Gasteiger partial charge in [0.1, 0.15) is 11.6 Å². The van der Waals surface area contributed by atoms with Crippen molar-refractivity contribution >= 4 is 22.4 Å². The fraction of sp³-hybridized carbons (Fsp3) is 0.200. The number of nitrogens with one attached hydrogen (secondary N) is 1. The topological polar surface area (TPSA) is 76.7 Å². The number of pyridine rings is 2. The van der Waals surface area contributed by atoms with E-state index in [1.54, 1.807) is 6.20 Å². The molecule has 6 nitrogen and oxygen atoms in total. The number of aryl methyl sites for hydroxylation is 1. The molecular formula is C20H15F2N5O. The van der Waals surface area contributed by atoms with Gasteiger partial charge in [0.25, 0.3) is 5.89 Å². The van der Waals surface area contributed by atoms with Crippen LogP contribution in [-0.4, -0.2) is 20.1 Å². The van der Waals surface area contributed by atoms with Crippen molar-refractivity contribution in [2.24, 2.45) is 0 Å². The van der Waals surface area contributed by atoms with Crippen LogP contribution < -0.4 is 5.32 Å². The Morgan fingerprint density at radius 2 is 1.86 bits per heavy atom. The molecule has 0 amide bonds. The SMILES string of the molecule is Cc1ccc2c(Nc3cc(F)cc(F)c3)c(-c3nc(C4CC4)no3)cnc2n1. The largest absolute Gasteiger partial charge is 0.354 e. The van der Waals surface area contributed by atoms with Crippen LogP contribution in [0.3, 0.4) is 0 Å². The first-order valence-corrected chi connectivity index (χ1v) is 8.90. The minimum absolute atomic E-state index is 0.258. The average molecular weight is 379 g/mol.